The topological polar surface area (TPSA) is 165 Å². The highest BCUT2D eigenvalue weighted by molar-refractivity contribution is 6.32. The number of aromatic nitrogens is 6. The minimum Gasteiger partial charge on any atom is -0.390 e. The van der Waals surface area contributed by atoms with E-state index in [9.17, 15) is 24.3 Å². The number of nitrogens with zero attached hydrogens (tertiary/aromatic N) is 8. The Hall–Kier alpha value is -5.15. The maximum Gasteiger partial charge on any atom is 0.329 e. The van der Waals surface area contributed by atoms with Gasteiger partial charge in [-0.05, 0) is 75.9 Å². The van der Waals surface area contributed by atoms with Crippen molar-refractivity contribution in [3.05, 3.63) is 68.6 Å². The van der Waals surface area contributed by atoms with E-state index >= 15 is 0 Å². The molecular weight excluding hydrogens is 688 g/mol. The molecule has 2 aromatic carbocycles. The van der Waals surface area contributed by atoms with E-state index in [0.717, 1.165) is 35.1 Å². The summed E-state index contributed by atoms with van der Waals surface area (Å²) in [6.45, 7) is 5.26. The lowest BCUT2D eigenvalue weighted by molar-refractivity contribution is -0.135. The smallest absolute Gasteiger partial charge is 0.329 e. The van der Waals surface area contributed by atoms with Crippen LogP contribution in [0.1, 0.15) is 52.0 Å². The van der Waals surface area contributed by atoms with Crippen molar-refractivity contribution in [1.29, 1.82) is 0 Å². The molecule has 1 unspecified atom stereocenters. The average molecular weight is 731 g/mol. The van der Waals surface area contributed by atoms with E-state index in [1.165, 1.54) is 4.57 Å². The van der Waals surface area contributed by atoms with Gasteiger partial charge in [-0.25, -0.2) is 14.6 Å². The predicted molar refractivity (Wildman–Crippen MR) is 201 cm³/mol. The molecule has 274 valence electrons. The van der Waals surface area contributed by atoms with Crippen LogP contribution in [0.5, 0.6) is 0 Å². The number of amides is 2. The first-order chi connectivity index (χ1) is 24.7. The second-order valence-electron chi connectivity index (χ2n) is 14.4. The third-order valence-corrected chi connectivity index (χ3v) is 10.7. The van der Waals surface area contributed by atoms with Gasteiger partial charge in [-0.1, -0.05) is 11.6 Å². The minimum absolute atomic E-state index is 0.150. The molecule has 3 aromatic heterocycles. The number of hydrogen-bond acceptors (Lipinski definition) is 10. The highest BCUT2D eigenvalue weighted by atomic mass is 35.5. The van der Waals surface area contributed by atoms with E-state index in [1.54, 1.807) is 47.8 Å². The summed E-state index contributed by atoms with van der Waals surface area (Å²) in [5.41, 5.74) is 3.21. The lowest BCUT2D eigenvalue weighted by Crippen LogP contribution is -2.44. The fourth-order valence-corrected chi connectivity index (χ4v) is 7.43. The van der Waals surface area contributed by atoms with Crippen molar-refractivity contribution in [3.8, 4) is 0 Å². The number of carbonyl (C=O) groups excluding carboxylic acids is 2. The minimum atomic E-state index is -0.907. The molecule has 15 nitrogen and oxygen atoms in total. The fourth-order valence-electron chi connectivity index (χ4n) is 7.29. The zero-order valence-corrected chi connectivity index (χ0v) is 30.6. The Morgan fingerprint density at radius 3 is 2.38 bits per heavy atom. The van der Waals surface area contributed by atoms with Crippen molar-refractivity contribution in [2.24, 2.45) is 14.1 Å². The summed E-state index contributed by atoms with van der Waals surface area (Å²) in [7, 11) is 5.48. The van der Waals surface area contributed by atoms with Crippen LogP contribution < -0.4 is 31.8 Å². The number of rotatable bonds is 9. The van der Waals surface area contributed by atoms with Crippen molar-refractivity contribution in [1.82, 2.24) is 33.6 Å². The molecule has 3 N–H and O–H groups in total. The number of benzene rings is 2. The molecule has 5 heterocycles. The number of anilines is 4. The Labute approximate surface area is 304 Å². The molecule has 2 fully saturated rings. The molecule has 16 heteroatoms. The van der Waals surface area contributed by atoms with Crippen molar-refractivity contribution in [3.63, 3.8) is 0 Å². The van der Waals surface area contributed by atoms with Crippen LogP contribution in [0.15, 0.2) is 52.2 Å². The molecule has 0 radical (unpaired) electrons. The summed E-state index contributed by atoms with van der Waals surface area (Å²) in [5, 5.41) is 16.3. The number of piperidine rings is 2. The number of fused-ring (bicyclic) bond motifs is 2. The molecule has 0 aliphatic carbocycles. The van der Waals surface area contributed by atoms with E-state index in [0.29, 0.717) is 54.0 Å². The standard InChI is InChI=1S/C36H43ClN10O5/c1-36(2,52)14-17-46-29-18-21(6-8-25(29)43(4)34(46)50)39-31-24(37)20-38-33(41-31)45-15-12-22(13-16-45)42(3)23-7-9-26-28(19-23)44(5)35(51)47(26)27-10-11-30(48)40-32(27)49/h6-9,18-20,22,27,52H,10-17H2,1-5H3,(H,38,39,41)(H,40,48,49). The molecule has 2 saturated heterocycles. The molecule has 0 saturated carbocycles. The van der Waals surface area contributed by atoms with Gasteiger partial charge in [0.2, 0.25) is 17.8 Å². The molecule has 5 aromatic rings. The maximum absolute atomic E-state index is 13.2. The first-order valence-corrected chi connectivity index (χ1v) is 17.8. The van der Waals surface area contributed by atoms with E-state index in [4.69, 9.17) is 16.6 Å². The van der Waals surface area contributed by atoms with Gasteiger partial charge in [-0.3, -0.25) is 33.2 Å². The van der Waals surface area contributed by atoms with Crippen LogP contribution in [-0.4, -0.2) is 76.9 Å². The molecule has 0 bridgehead atoms. The van der Waals surface area contributed by atoms with Gasteiger partial charge in [0.05, 0.1) is 33.9 Å². The molecule has 0 spiro atoms. The Kier molecular flexibility index (Phi) is 9.11. The van der Waals surface area contributed by atoms with Gasteiger partial charge in [0, 0.05) is 64.6 Å². The number of hydrogen-bond donors (Lipinski definition) is 3. The van der Waals surface area contributed by atoms with Crippen LogP contribution in [0.25, 0.3) is 22.1 Å². The molecule has 2 aliphatic rings. The second-order valence-corrected chi connectivity index (χ2v) is 14.8. The Bertz CT molecular complexity index is 2330. The van der Waals surface area contributed by atoms with Gasteiger partial charge in [-0.15, -0.1) is 0 Å². The lowest BCUT2D eigenvalue weighted by Gasteiger charge is -2.38. The van der Waals surface area contributed by atoms with Crippen LogP contribution in [-0.2, 0) is 30.2 Å². The third kappa shape index (κ3) is 6.54. The molecule has 52 heavy (non-hydrogen) atoms. The van der Waals surface area contributed by atoms with Crippen molar-refractivity contribution in [2.45, 2.75) is 70.2 Å². The first-order valence-electron chi connectivity index (χ1n) is 17.4. The highest BCUT2D eigenvalue weighted by Gasteiger charge is 2.32. The number of nitrogens with one attached hydrogen (secondary N) is 2. The van der Waals surface area contributed by atoms with Gasteiger partial charge in [0.25, 0.3) is 0 Å². The average Bonchev–Trinajstić information content (AvgIpc) is 3.50. The number of aliphatic hydroxyl groups is 1. The van der Waals surface area contributed by atoms with Crippen molar-refractivity contribution in [2.75, 3.05) is 35.3 Å². The molecule has 1 atom stereocenters. The van der Waals surface area contributed by atoms with Gasteiger partial charge < -0.3 is 20.2 Å². The number of aryl methyl sites for hydroxylation is 3. The zero-order chi connectivity index (χ0) is 37.1. The predicted octanol–water partition coefficient (Wildman–Crippen LogP) is 3.42. The number of imidazole rings is 2. The Morgan fingerprint density at radius 2 is 1.67 bits per heavy atom. The van der Waals surface area contributed by atoms with Gasteiger partial charge in [0.1, 0.15) is 11.1 Å². The third-order valence-electron chi connectivity index (χ3n) is 10.4. The quantitative estimate of drug-likeness (QED) is 0.192. The number of imide groups is 1. The van der Waals surface area contributed by atoms with E-state index < -0.39 is 17.6 Å². The van der Waals surface area contributed by atoms with Gasteiger partial charge in [0.15, 0.2) is 5.82 Å². The summed E-state index contributed by atoms with van der Waals surface area (Å²) in [4.78, 5) is 64.2. The van der Waals surface area contributed by atoms with Crippen molar-refractivity contribution >= 4 is 68.6 Å². The number of halogens is 1. The normalized spacial score (nSPS) is 17.3. The van der Waals surface area contributed by atoms with Crippen LogP contribution in [0, 0.1) is 0 Å². The van der Waals surface area contributed by atoms with Crippen LogP contribution in [0.3, 0.4) is 0 Å². The Morgan fingerprint density at radius 1 is 0.962 bits per heavy atom. The van der Waals surface area contributed by atoms with Crippen LogP contribution in [0.2, 0.25) is 5.02 Å². The SMILES string of the molecule is CN(c1ccc2c(c1)n(C)c(=O)n2C1CCC(=O)NC1=O)C1CCN(c2ncc(Cl)c(Nc3ccc4c(c3)n(CCC(C)(C)O)c(=O)n4C)n2)CC1. The molecule has 2 aliphatic heterocycles. The summed E-state index contributed by atoms with van der Waals surface area (Å²) in [6.07, 6.45) is 4.17. The molecular formula is C36H43ClN10O5. The van der Waals surface area contributed by atoms with Gasteiger partial charge in [-0.2, -0.15) is 4.98 Å². The lowest BCUT2D eigenvalue weighted by atomic mass is 10.0. The van der Waals surface area contributed by atoms with E-state index in [1.807, 2.05) is 43.4 Å². The van der Waals surface area contributed by atoms with Gasteiger partial charge >= 0.3 is 11.4 Å². The first kappa shape index (κ1) is 35.3. The summed E-state index contributed by atoms with van der Waals surface area (Å²) < 4.78 is 6.31. The Balaban J connectivity index is 1.05. The summed E-state index contributed by atoms with van der Waals surface area (Å²) in [5.74, 6) is 0.238. The van der Waals surface area contributed by atoms with E-state index in [-0.39, 0.29) is 36.2 Å². The summed E-state index contributed by atoms with van der Waals surface area (Å²) in [6, 6.07) is 11.0. The monoisotopic (exact) mass is 730 g/mol. The molecule has 2 amide bonds. The summed E-state index contributed by atoms with van der Waals surface area (Å²) >= 11 is 6.56. The van der Waals surface area contributed by atoms with Crippen molar-refractivity contribution < 1.29 is 14.7 Å². The number of carbonyl (C=O) groups is 2. The largest absolute Gasteiger partial charge is 0.390 e. The zero-order valence-electron chi connectivity index (χ0n) is 29.9. The van der Waals surface area contributed by atoms with E-state index in [2.05, 4.69) is 25.4 Å². The maximum atomic E-state index is 13.2. The molecule has 7 rings (SSSR count). The van der Waals surface area contributed by atoms with Crippen LogP contribution in [0.4, 0.5) is 23.1 Å². The fraction of sp³-hybridized carbons (Fsp3) is 0.444. The highest BCUT2D eigenvalue weighted by Crippen LogP contribution is 2.31. The van der Waals surface area contributed by atoms with Crippen LogP contribution >= 0.6 is 11.6 Å². The second kappa shape index (κ2) is 13.4.